The van der Waals surface area contributed by atoms with E-state index in [-0.39, 0.29) is 0 Å². The van der Waals surface area contributed by atoms with Crippen molar-refractivity contribution in [3.63, 3.8) is 0 Å². The summed E-state index contributed by atoms with van der Waals surface area (Å²) in [6.07, 6.45) is 4.09. The summed E-state index contributed by atoms with van der Waals surface area (Å²) in [7, 11) is -0.863. The van der Waals surface area contributed by atoms with Crippen molar-refractivity contribution in [1.82, 2.24) is 5.32 Å². The van der Waals surface area contributed by atoms with Crippen LogP contribution in [0.4, 0.5) is 0 Å². The molecule has 82 valence electrons. The zero-order valence-electron chi connectivity index (χ0n) is 9.03. The molecule has 2 rings (SSSR count). The average molecular weight is 223 g/mol. The van der Waals surface area contributed by atoms with Gasteiger partial charge in [-0.3, -0.25) is 4.21 Å². The molecule has 1 fully saturated rings. The quantitative estimate of drug-likeness (QED) is 0.829. The molecule has 0 radical (unpaired) electrons. The third kappa shape index (κ3) is 2.47. The fraction of sp³-hybridized carbons (Fsp3) is 0.500. The standard InChI is InChI=1S/C12H17NOS/c1-15(14)12-5-3-2-4-11(12)10-6-8-13-9-7-10/h2-5,10,13H,6-9H2,1H3/t15-/m1/s1. The normalized spacial score (nSPS) is 20.1. The maximum absolute atomic E-state index is 11.6. The van der Waals surface area contributed by atoms with E-state index in [1.54, 1.807) is 6.26 Å². The lowest BCUT2D eigenvalue weighted by molar-refractivity contribution is 0.456. The molecule has 0 aromatic heterocycles. The fourth-order valence-electron chi connectivity index (χ4n) is 2.21. The van der Waals surface area contributed by atoms with Crippen molar-refractivity contribution in [2.75, 3.05) is 19.3 Å². The summed E-state index contributed by atoms with van der Waals surface area (Å²) in [4.78, 5) is 1.02. The van der Waals surface area contributed by atoms with E-state index in [2.05, 4.69) is 11.4 Å². The van der Waals surface area contributed by atoms with Crippen molar-refractivity contribution in [3.05, 3.63) is 29.8 Å². The van der Waals surface area contributed by atoms with Crippen LogP contribution in [-0.2, 0) is 10.8 Å². The van der Waals surface area contributed by atoms with Gasteiger partial charge in [0.15, 0.2) is 0 Å². The van der Waals surface area contributed by atoms with Crippen molar-refractivity contribution in [1.29, 1.82) is 0 Å². The van der Waals surface area contributed by atoms with Crippen LogP contribution in [-0.4, -0.2) is 23.6 Å². The van der Waals surface area contributed by atoms with E-state index in [0.717, 1.165) is 30.8 Å². The highest BCUT2D eigenvalue weighted by Gasteiger charge is 2.18. The molecule has 1 aliphatic rings. The summed E-state index contributed by atoms with van der Waals surface area (Å²) >= 11 is 0. The first-order valence-electron chi connectivity index (χ1n) is 5.42. The molecule has 1 aliphatic heterocycles. The highest BCUT2D eigenvalue weighted by atomic mass is 32.2. The van der Waals surface area contributed by atoms with Gasteiger partial charge in [0, 0.05) is 11.2 Å². The lowest BCUT2D eigenvalue weighted by Crippen LogP contribution is -2.27. The average Bonchev–Trinajstić information content (AvgIpc) is 2.30. The molecule has 0 aliphatic carbocycles. The Balaban J connectivity index is 2.29. The van der Waals surface area contributed by atoms with Gasteiger partial charge in [0.25, 0.3) is 0 Å². The highest BCUT2D eigenvalue weighted by molar-refractivity contribution is 7.84. The van der Waals surface area contributed by atoms with E-state index in [1.807, 2.05) is 18.2 Å². The van der Waals surface area contributed by atoms with Gasteiger partial charge in [-0.1, -0.05) is 18.2 Å². The van der Waals surface area contributed by atoms with Crippen molar-refractivity contribution in [3.8, 4) is 0 Å². The Morgan fingerprint density at radius 3 is 2.60 bits per heavy atom. The predicted octanol–water partition coefficient (Wildman–Crippen LogP) is 1.89. The minimum absolute atomic E-state index is 0.589. The molecular weight excluding hydrogens is 206 g/mol. The second kappa shape index (κ2) is 4.90. The van der Waals surface area contributed by atoms with Crippen LogP contribution < -0.4 is 5.32 Å². The van der Waals surface area contributed by atoms with Crippen LogP contribution in [0, 0.1) is 0 Å². The van der Waals surface area contributed by atoms with Crippen molar-refractivity contribution >= 4 is 10.8 Å². The zero-order chi connectivity index (χ0) is 10.7. The van der Waals surface area contributed by atoms with E-state index in [0.29, 0.717) is 5.92 Å². The summed E-state index contributed by atoms with van der Waals surface area (Å²) in [6, 6.07) is 8.15. The summed E-state index contributed by atoms with van der Waals surface area (Å²) in [5.74, 6) is 0.589. The minimum Gasteiger partial charge on any atom is -0.317 e. The maximum atomic E-state index is 11.6. The summed E-state index contributed by atoms with van der Waals surface area (Å²) in [5.41, 5.74) is 1.29. The Morgan fingerprint density at radius 1 is 1.27 bits per heavy atom. The van der Waals surface area contributed by atoms with Crippen molar-refractivity contribution in [2.24, 2.45) is 0 Å². The molecule has 0 spiro atoms. The van der Waals surface area contributed by atoms with Crippen LogP contribution in [0.3, 0.4) is 0 Å². The van der Waals surface area contributed by atoms with Crippen molar-refractivity contribution in [2.45, 2.75) is 23.7 Å². The maximum Gasteiger partial charge on any atom is 0.0501 e. The highest BCUT2D eigenvalue weighted by Crippen LogP contribution is 2.29. The molecule has 0 unspecified atom stereocenters. The first-order valence-corrected chi connectivity index (χ1v) is 6.98. The topological polar surface area (TPSA) is 29.1 Å². The predicted molar refractivity (Wildman–Crippen MR) is 63.6 cm³/mol. The smallest absolute Gasteiger partial charge is 0.0501 e. The molecule has 3 heteroatoms. The Morgan fingerprint density at radius 2 is 1.93 bits per heavy atom. The fourth-order valence-corrected chi connectivity index (χ4v) is 3.05. The number of piperidine rings is 1. The molecule has 1 N–H and O–H groups in total. The molecule has 1 atom stereocenters. The van der Waals surface area contributed by atoms with E-state index >= 15 is 0 Å². The minimum atomic E-state index is -0.863. The first-order chi connectivity index (χ1) is 7.29. The number of benzene rings is 1. The Labute approximate surface area is 93.5 Å². The molecular formula is C12H17NOS. The van der Waals surface area contributed by atoms with Gasteiger partial charge in [-0.15, -0.1) is 0 Å². The molecule has 2 nitrogen and oxygen atoms in total. The van der Waals surface area contributed by atoms with Crippen LogP contribution in [0.2, 0.25) is 0 Å². The third-order valence-corrected chi connectivity index (χ3v) is 4.00. The Bertz CT molecular complexity index is 358. The van der Waals surface area contributed by atoms with Crippen LogP contribution in [0.1, 0.15) is 24.3 Å². The second-order valence-electron chi connectivity index (χ2n) is 4.02. The number of nitrogens with one attached hydrogen (secondary N) is 1. The third-order valence-electron chi connectivity index (χ3n) is 3.01. The number of hydrogen-bond donors (Lipinski definition) is 1. The number of rotatable bonds is 2. The molecule has 1 aromatic rings. The SMILES string of the molecule is C[S@@](=O)c1ccccc1C1CCNCC1. The molecule has 0 saturated carbocycles. The summed E-state index contributed by atoms with van der Waals surface area (Å²) < 4.78 is 11.6. The lowest BCUT2D eigenvalue weighted by Gasteiger charge is -2.24. The van der Waals surface area contributed by atoms with Crippen LogP contribution >= 0.6 is 0 Å². The van der Waals surface area contributed by atoms with Gasteiger partial charge in [-0.25, -0.2) is 0 Å². The van der Waals surface area contributed by atoms with Gasteiger partial charge in [-0.05, 0) is 43.5 Å². The van der Waals surface area contributed by atoms with Crippen molar-refractivity contribution < 1.29 is 4.21 Å². The van der Waals surface area contributed by atoms with E-state index < -0.39 is 10.8 Å². The zero-order valence-corrected chi connectivity index (χ0v) is 9.85. The van der Waals surface area contributed by atoms with Crippen LogP contribution in [0.25, 0.3) is 0 Å². The van der Waals surface area contributed by atoms with Gasteiger partial charge in [0.2, 0.25) is 0 Å². The van der Waals surface area contributed by atoms with Gasteiger partial charge >= 0.3 is 0 Å². The van der Waals surface area contributed by atoms with Crippen LogP contribution in [0.15, 0.2) is 29.2 Å². The molecule has 1 heterocycles. The molecule has 1 aromatic carbocycles. The first kappa shape index (κ1) is 10.8. The number of hydrogen-bond acceptors (Lipinski definition) is 2. The summed E-state index contributed by atoms with van der Waals surface area (Å²) in [5, 5.41) is 3.36. The van der Waals surface area contributed by atoms with Crippen LogP contribution in [0.5, 0.6) is 0 Å². The van der Waals surface area contributed by atoms with E-state index in [9.17, 15) is 4.21 Å². The molecule has 15 heavy (non-hydrogen) atoms. The molecule has 0 amide bonds. The van der Waals surface area contributed by atoms with Gasteiger partial charge in [0.05, 0.1) is 10.8 Å². The monoisotopic (exact) mass is 223 g/mol. The second-order valence-corrected chi connectivity index (χ2v) is 5.36. The van der Waals surface area contributed by atoms with E-state index in [4.69, 9.17) is 0 Å². The Hall–Kier alpha value is -0.670. The largest absolute Gasteiger partial charge is 0.317 e. The van der Waals surface area contributed by atoms with Gasteiger partial charge < -0.3 is 5.32 Å². The molecule has 0 bridgehead atoms. The summed E-state index contributed by atoms with van der Waals surface area (Å²) in [6.45, 7) is 2.16. The van der Waals surface area contributed by atoms with E-state index in [1.165, 1.54) is 5.56 Å². The Kier molecular flexibility index (Phi) is 3.54. The molecule has 1 saturated heterocycles. The lowest BCUT2D eigenvalue weighted by atomic mass is 9.90. The van der Waals surface area contributed by atoms with Gasteiger partial charge in [0.1, 0.15) is 0 Å². The van der Waals surface area contributed by atoms with Gasteiger partial charge in [-0.2, -0.15) is 0 Å².